The fourth-order valence-electron chi connectivity index (χ4n) is 4.65. The zero-order chi connectivity index (χ0) is 20.0. The third-order valence-electron chi connectivity index (χ3n) is 6.59. The van der Waals surface area contributed by atoms with Gasteiger partial charge in [0.2, 0.25) is 0 Å². The molecule has 1 fully saturated rings. The van der Waals surface area contributed by atoms with Gasteiger partial charge in [0, 0.05) is 12.6 Å². The van der Waals surface area contributed by atoms with Crippen molar-refractivity contribution in [1.82, 2.24) is 4.90 Å². The highest BCUT2D eigenvalue weighted by molar-refractivity contribution is 5.34. The van der Waals surface area contributed by atoms with E-state index in [1.165, 1.54) is 30.5 Å². The monoisotopic (exact) mass is 378 g/mol. The summed E-state index contributed by atoms with van der Waals surface area (Å²) in [7, 11) is 2.15. The quantitative estimate of drug-likeness (QED) is 0.557. The van der Waals surface area contributed by atoms with Gasteiger partial charge in [-0.25, -0.2) is 4.39 Å². The van der Waals surface area contributed by atoms with Crippen molar-refractivity contribution in [2.45, 2.75) is 63.5 Å². The Labute approximate surface area is 169 Å². The number of halogens is 1. The molecule has 0 saturated heterocycles. The summed E-state index contributed by atoms with van der Waals surface area (Å²) in [5, 5.41) is 10.3. The second-order valence-corrected chi connectivity index (χ2v) is 8.36. The molecule has 0 aromatic heterocycles. The molecule has 2 aromatic rings. The maximum absolute atomic E-state index is 13.5. The topological polar surface area (TPSA) is 27.0 Å². The Morgan fingerprint density at radius 3 is 2.36 bits per heavy atom. The zero-order valence-electron chi connectivity index (χ0n) is 17.1. The Hall–Kier alpha value is -2.18. The Morgan fingerprint density at radius 2 is 1.75 bits per heavy atom. The van der Waals surface area contributed by atoms with Crippen molar-refractivity contribution in [3.05, 3.63) is 71.5 Å². The molecule has 1 saturated carbocycles. The molecule has 0 aliphatic heterocycles. The summed E-state index contributed by atoms with van der Waals surface area (Å²) in [4.78, 5) is 2.36. The van der Waals surface area contributed by atoms with Gasteiger partial charge in [0.15, 0.2) is 0 Å². The first-order valence-electron chi connectivity index (χ1n) is 10.5. The summed E-state index contributed by atoms with van der Waals surface area (Å²) in [6, 6.07) is 20.2. The molecule has 0 radical (unpaired) electrons. The van der Waals surface area contributed by atoms with Crippen LogP contribution in [0.3, 0.4) is 0 Å². The summed E-state index contributed by atoms with van der Waals surface area (Å²) in [6.07, 6.45) is 6.35. The standard InChI is InChI=1S/C25H31FN2/c1-20(28(2)18-21-8-4-3-5-9-21)16-17-25(19-27,22-10-6-7-11-22)23-12-14-24(26)15-13-23/h3-5,8-9,12-15,20,22H,6-7,10-11,16-18H2,1-2H3. The minimum Gasteiger partial charge on any atom is -0.299 e. The summed E-state index contributed by atoms with van der Waals surface area (Å²) >= 11 is 0. The fourth-order valence-corrected chi connectivity index (χ4v) is 4.65. The van der Waals surface area contributed by atoms with E-state index in [0.717, 1.165) is 37.8 Å². The molecular formula is C25H31FN2. The third kappa shape index (κ3) is 4.62. The molecule has 148 valence electrons. The van der Waals surface area contributed by atoms with Crippen LogP contribution >= 0.6 is 0 Å². The second kappa shape index (κ2) is 9.34. The van der Waals surface area contributed by atoms with Crippen LogP contribution in [0.2, 0.25) is 0 Å². The van der Waals surface area contributed by atoms with Crippen LogP contribution in [0.15, 0.2) is 54.6 Å². The Kier molecular flexibility index (Phi) is 6.86. The number of hydrogen-bond donors (Lipinski definition) is 0. The zero-order valence-corrected chi connectivity index (χ0v) is 17.1. The van der Waals surface area contributed by atoms with E-state index >= 15 is 0 Å². The molecule has 2 atom stereocenters. The summed E-state index contributed by atoms with van der Waals surface area (Å²) < 4.78 is 13.5. The van der Waals surface area contributed by atoms with Gasteiger partial charge in [0.25, 0.3) is 0 Å². The molecule has 0 spiro atoms. The first kappa shape index (κ1) is 20.6. The fraction of sp³-hybridized carbons (Fsp3) is 0.480. The molecule has 1 aliphatic carbocycles. The molecule has 0 bridgehead atoms. The van der Waals surface area contributed by atoms with Gasteiger partial charge in [-0.3, -0.25) is 4.90 Å². The number of nitrogens with zero attached hydrogens (tertiary/aromatic N) is 2. The van der Waals surface area contributed by atoms with Gasteiger partial charge < -0.3 is 0 Å². The third-order valence-corrected chi connectivity index (χ3v) is 6.59. The lowest BCUT2D eigenvalue weighted by molar-refractivity contribution is 0.211. The highest BCUT2D eigenvalue weighted by atomic mass is 19.1. The molecule has 3 heteroatoms. The van der Waals surface area contributed by atoms with E-state index in [2.05, 4.69) is 49.2 Å². The van der Waals surface area contributed by atoms with Crippen LogP contribution in [0.4, 0.5) is 4.39 Å². The first-order valence-corrected chi connectivity index (χ1v) is 10.5. The van der Waals surface area contributed by atoms with Crippen molar-refractivity contribution in [3.8, 4) is 6.07 Å². The molecule has 2 nitrogen and oxygen atoms in total. The molecule has 1 aliphatic rings. The number of nitriles is 1. The van der Waals surface area contributed by atoms with Crippen LogP contribution in [-0.4, -0.2) is 18.0 Å². The van der Waals surface area contributed by atoms with Crippen molar-refractivity contribution >= 4 is 0 Å². The average Bonchev–Trinajstić information content (AvgIpc) is 3.26. The lowest BCUT2D eigenvalue weighted by Gasteiger charge is -2.35. The van der Waals surface area contributed by atoms with Gasteiger partial charge in [-0.05, 0) is 68.8 Å². The highest BCUT2D eigenvalue weighted by Gasteiger charge is 2.42. The van der Waals surface area contributed by atoms with Gasteiger partial charge in [-0.15, -0.1) is 0 Å². The Bertz CT molecular complexity index is 774. The number of hydrogen-bond acceptors (Lipinski definition) is 2. The minimum atomic E-state index is -0.508. The van der Waals surface area contributed by atoms with Gasteiger partial charge in [-0.2, -0.15) is 5.26 Å². The van der Waals surface area contributed by atoms with Crippen LogP contribution in [0.5, 0.6) is 0 Å². The summed E-state index contributed by atoms with van der Waals surface area (Å²) in [6.45, 7) is 3.14. The highest BCUT2D eigenvalue weighted by Crippen LogP contribution is 2.45. The molecule has 28 heavy (non-hydrogen) atoms. The number of rotatable bonds is 8. The van der Waals surface area contributed by atoms with E-state index in [-0.39, 0.29) is 5.82 Å². The normalized spacial score (nSPS) is 18.0. The van der Waals surface area contributed by atoms with Gasteiger partial charge >= 0.3 is 0 Å². The summed E-state index contributed by atoms with van der Waals surface area (Å²) in [5.74, 6) is 0.132. The van der Waals surface area contributed by atoms with Crippen molar-refractivity contribution < 1.29 is 4.39 Å². The van der Waals surface area contributed by atoms with E-state index in [0.29, 0.717) is 12.0 Å². The SMILES string of the molecule is CC(CCC(C#N)(c1ccc(F)cc1)C1CCCC1)N(C)Cc1ccccc1. The van der Waals surface area contributed by atoms with E-state index in [9.17, 15) is 9.65 Å². The van der Waals surface area contributed by atoms with Crippen LogP contribution in [-0.2, 0) is 12.0 Å². The molecule has 3 rings (SSSR count). The second-order valence-electron chi connectivity index (χ2n) is 8.36. The van der Waals surface area contributed by atoms with Crippen molar-refractivity contribution in [2.75, 3.05) is 7.05 Å². The van der Waals surface area contributed by atoms with Crippen LogP contribution in [0.25, 0.3) is 0 Å². The molecule has 2 unspecified atom stereocenters. The van der Waals surface area contributed by atoms with Crippen molar-refractivity contribution in [1.29, 1.82) is 5.26 Å². The van der Waals surface area contributed by atoms with Gasteiger partial charge in [0.05, 0.1) is 11.5 Å². The molecule has 0 N–H and O–H groups in total. The summed E-state index contributed by atoms with van der Waals surface area (Å²) in [5.41, 5.74) is 1.78. The van der Waals surface area contributed by atoms with Crippen molar-refractivity contribution in [3.63, 3.8) is 0 Å². The Morgan fingerprint density at radius 1 is 1.11 bits per heavy atom. The maximum atomic E-state index is 13.5. The lowest BCUT2D eigenvalue weighted by atomic mass is 9.67. The average molecular weight is 379 g/mol. The molecule has 0 heterocycles. The maximum Gasteiger partial charge on any atom is 0.123 e. The largest absolute Gasteiger partial charge is 0.299 e. The molecular weight excluding hydrogens is 347 g/mol. The van der Waals surface area contributed by atoms with E-state index in [1.807, 2.05) is 18.2 Å². The first-order chi connectivity index (χ1) is 13.5. The predicted molar refractivity (Wildman–Crippen MR) is 112 cm³/mol. The van der Waals surface area contributed by atoms with Crippen molar-refractivity contribution in [2.24, 2.45) is 5.92 Å². The molecule has 2 aromatic carbocycles. The van der Waals surface area contributed by atoms with E-state index in [4.69, 9.17) is 0 Å². The minimum absolute atomic E-state index is 0.238. The number of benzene rings is 2. The predicted octanol–water partition coefficient (Wildman–Crippen LogP) is 6.08. The smallest absolute Gasteiger partial charge is 0.123 e. The van der Waals surface area contributed by atoms with Crippen LogP contribution < -0.4 is 0 Å². The van der Waals surface area contributed by atoms with Gasteiger partial charge in [0.1, 0.15) is 5.82 Å². The lowest BCUT2D eigenvalue weighted by Crippen LogP contribution is -2.36. The van der Waals surface area contributed by atoms with E-state index < -0.39 is 5.41 Å². The molecule has 0 amide bonds. The van der Waals surface area contributed by atoms with E-state index in [1.54, 1.807) is 0 Å². The van der Waals surface area contributed by atoms with Gasteiger partial charge in [-0.1, -0.05) is 55.3 Å². The van der Waals surface area contributed by atoms with Crippen LogP contribution in [0.1, 0.15) is 56.6 Å². The van der Waals surface area contributed by atoms with Crippen LogP contribution in [0, 0.1) is 23.1 Å². The Balaban J connectivity index is 1.74.